The van der Waals surface area contributed by atoms with Crippen LogP contribution >= 0.6 is 12.6 Å². The molecule has 1 radical (unpaired) electrons. The van der Waals surface area contributed by atoms with Crippen LogP contribution in [-0.2, 0) is 6.42 Å². The minimum absolute atomic E-state index is 0.450. The van der Waals surface area contributed by atoms with Crippen LogP contribution in [0.25, 0.3) is 0 Å². The van der Waals surface area contributed by atoms with E-state index in [1.807, 2.05) is 6.07 Å². The number of aryl methyl sites for hydroxylation is 1. The topological polar surface area (TPSA) is 25.8 Å². The van der Waals surface area contributed by atoms with E-state index in [1.165, 1.54) is 0 Å². The molecule has 10 heavy (non-hydrogen) atoms. The minimum Gasteiger partial charge on any atom is -0.227 e. The number of nitrogens with zero attached hydrogens (tertiary/aromatic N) is 2. The maximum atomic E-state index is 4.79. The van der Waals surface area contributed by atoms with Gasteiger partial charge in [-0.3, -0.25) is 0 Å². The van der Waals surface area contributed by atoms with E-state index >= 15 is 0 Å². The van der Waals surface area contributed by atoms with E-state index in [0.717, 1.165) is 18.5 Å². The largest absolute Gasteiger partial charge is 0.227 e. The summed E-state index contributed by atoms with van der Waals surface area (Å²) >= 11 is 4.79. The van der Waals surface area contributed by atoms with Crippen molar-refractivity contribution in [1.29, 1.82) is 0 Å². The summed E-state index contributed by atoms with van der Waals surface area (Å²) in [6.45, 7) is 2.12. The van der Waals surface area contributed by atoms with Crippen molar-refractivity contribution in [2.24, 2.45) is 0 Å². The minimum atomic E-state index is 0.450. The molecule has 0 atom stereocenters. The van der Waals surface area contributed by atoms with Crippen LogP contribution in [0.1, 0.15) is 19.0 Å². The Bertz CT molecular complexity index is 213. The molecule has 0 amide bonds. The number of hydrogen-bond donors (Lipinski definition) is 0. The fraction of sp³-hybridized carbons (Fsp3) is 0.429. The van der Waals surface area contributed by atoms with Gasteiger partial charge in [-0.2, -0.15) is 0 Å². The van der Waals surface area contributed by atoms with E-state index in [4.69, 9.17) is 12.6 Å². The standard InChI is InChI=1S/C7H9N2S/c1-2-3-6-4-5-8-7(10)9-6/h4-5H,2-3H2,1H3. The monoisotopic (exact) mass is 153 g/mol. The zero-order valence-electron chi connectivity index (χ0n) is 5.87. The molecule has 0 aliphatic heterocycles. The Balaban J connectivity index is 2.75. The summed E-state index contributed by atoms with van der Waals surface area (Å²) in [5.74, 6) is 0. The average molecular weight is 153 g/mol. The summed E-state index contributed by atoms with van der Waals surface area (Å²) < 4.78 is 0. The van der Waals surface area contributed by atoms with Gasteiger partial charge >= 0.3 is 0 Å². The van der Waals surface area contributed by atoms with E-state index in [0.29, 0.717) is 5.16 Å². The lowest BCUT2D eigenvalue weighted by Crippen LogP contribution is -1.90. The highest BCUT2D eigenvalue weighted by molar-refractivity contribution is 7.80. The first-order valence-electron chi connectivity index (χ1n) is 3.32. The van der Waals surface area contributed by atoms with Crippen LogP contribution in [0.15, 0.2) is 17.4 Å². The molecule has 0 fully saturated rings. The van der Waals surface area contributed by atoms with Crippen LogP contribution in [0.2, 0.25) is 0 Å². The Kier molecular flexibility index (Phi) is 2.57. The van der Waals surface area contributed by atoms with Crippen molar-refractivity contribution in [2.75, 3.05) is 0 Å². The van der Waals surface area contributed by atoms with Gasteiger partial charge < -0.3 is 0 Å². The van der Waals surface area contributed by atoms with Crippen molar-refractivity contribution < 1.29 is 0 Å². The van der Waals surface area contributed by atoms with Gasteiger partial charge in [0.1, 0.15) is 0 Å². The fourth-order valence-corrected chi connectivity index (χ4v) is 0.950. The first kappa shape index (κ1) is 7.41. The average Bonchev–Trinajstić information content (AvgIpc) is 1.88. The molecule has 1 rings (SSSR count). The van der Waals surface area contributed by atoms with Crippen LogP contribution in [0.4, 0.5) is 0 Å². The summed E-state index contributed by atoms with van der Waals surface area (Å²) in [6, 6.07) is 1.90. The maximum absolute atomic E-state index is 4.79. The molecular formula is C7H9N2S. The second kappa shape index (κ2) is 3.46. The van der Waals surface area contributed by atoms with Gasteiger partial charge in [0.25, 0.3) is 0 Å². The van der Waals surface area contributed by atoms with Gasteiger partial charge in [0.05, 0.1) is 0 Å². The van der Waals surface area contributed by atoms with Crippen molar-refractivity contribution >= 4 is 12.6 Å². The molecule has 0 spiro atoms. The third kappa shape index (κ3) is 1.92. The fourth-order valence-electron chi connectivity index (χ4n) is 0.771. The van der Waals surface area contributed by atoms with Crippen molar-refractivity contribution in [3.05, 3.63) is 18.0 Å². The van der Waals surface area contributed by atoms with Crippen molar-refractivity contribution in [3.63, 3.8) is 0 Å². The van der Waals surface area contributed by atoms with Crippen molar-refractivity contribution in [1.82, 2.24) is 9.97 Å². The van der Waals surface area contributed by atoms with Gasteiger partial charge in [-0.05, 0) is 25.1 Å². The van der Waals surface area contributed by atoms with Gasteiger partial charge in [-0.15, -0.1) is 0 Å². The lowest BCUT2D eigenvalue weighted by atomic mass is 10.2. The van der Waals surface area contributed by atoms with Gasteiger partial charge in [0.15, 0.2) is 0 Å². The van der Waals surface area contributed by atoms with E-state index < -0.39 is 0 Å². The van der Waals surface area contributed by atoms with Crippen molar-refractivity contribution in [3.8, 4) is 0 Å². The Labute approximate surface area is 66.1 Å². The molecule has 1 heterocycles. The van der Waals surface area contributed by atoms with Gasteiger partial charge in [0.2, 0.25) is 5.16 Å². The molecule has 2 nitrogen and oxygen atoms in total. The molecule has 0 N–H and O–H groups in total. The van der Waals surface area contributed by atoms with E-state index in [9.17, 15) is 0 Å². The predicted molar refractivity (Wildman–Crippen MR) is 41.9 cm³/mol. The SMILES string of the molecule is CCCc1ccnc([S])n1. The molecule has 0 saturated heterocycles. The third-order valence-corrected chi connectivity index (χ3v) is 1.39. The highest BCUT2D eigenvalue weighted by atomic mass is 32.1. The summed E-state index contributed by atoms with van der Waals surface area (Å²) in [5, 5.41) is 0.450. The second-order valence-electron chi connectivity index (χ2n) is 2.08. The number of hydrogen-bond acceptors (Lipinski definition) is 2. The number of aromatic nitrogens is 2. The highest BCUT2D eigenvalue weighted by Crippen LogP contribution is 2.01. The summed E-state index contributed by atoms with van der Waals surface area (Å²) in [6.07, 6.45) is 3.80. The summed E-state index contributed by atoms with van der Waals surface area (Å²) in [7, 11) is 0. The third-order valence-electron chi connectivity index (χ3n) is 1.20. The zero-order chi connectivity index (χ0) is 7.40. The quantitative estimate of drug-likeness (QED) is 0.607. The molecule has 1 aromatic heterocycles. The van der Waals surface area contributed by atoms with Crippen LogP contribution in [0.3, 0.4) is 0 Å². The van der Waals surface area contributed by atoms with Crippen LogP contribution in [-0.4, -0.2) is 9.97 Å². The highest BCUT2D eigenvalue weighted by Gasteiger charge is 1.93. The van der Waals surface area contributed by atoms with Crippen LogP contribution < -0.4 is 0 Å². The molecule has 3 heteroatoms. The molecule has 0 bridgehead atoms. The molecule has 1 aromatic rings. The lowest BCUT2D eigenvalue weighted by molar-refractivity contribution is 0.829. The molecule has 53 valence electrons. The Morgan fingerprint density at radius 3 is 3.00 bits per heavy atom. The first-order chi connectivity index (χ1) is 4.83. The Morgan fingerprint density at radius 2 is 2.40 bits per heavy atom. The molecule has 0 aliphatic rings. The van der Waals surface area contributed by atoms with E-state index in [-0.39, 0.29) is 0 Å². The van der Waals surface area contributed by atoms with Crippen molar-refractivity contribution in [2.45, 2.75) is 24.9 Å². The van der Waals surface area contributed by atoms with Gasteiger partial charge in [-0.25, -0.2) is 9.97 Å². The first-order valence-corrected chi connectivity index (χ1v) is 3.72. The maximum Gasteiger partial charge on any atom is 0.219 e. The Morgan fingerprint density at radius 1 is 1.60 bits per heavy atom. The van der Waals surface area contributed by atoms with Gasteiger partial charge in [0, 0.05) is 11.9 Å². The van der Waals surface area contributed by atoms with Crippen LogP contribution in [0.5, 0.6) is 0 Å². The molecule has 0 aliphatic carbocycles. The second-order valence-corrected chi connectivity index (χ2v) is 2.45. The molecular weight excluding hydrogens is 144 g/mol. The molecule has 0 saturated carbocycles. The lowest BCUT2D eigenvalue weighted by Gasteiger charge is -1.94. The van der Waals surface area contributed by atoms with E-state index in [1.54, 1.807) is 6.20 Å². The normalized spacial score (nSPS) is 9.70. The predicted octanol–water partition coefficient (Wildman–Crippen LogP) is 1.99. The van der Waals surface area contributed by atoms with Crippen LogP contribution in [0, 0.1) is 0 Å². The smallest absolute Gasteiger partial charge is 0.219 e. The molecule has 0 aromatic carbocycles. The number of rotatable bonds is 2. The molecule has 0 unspecified atom stereocenters. The van der Waals surface area contributed by atoms with Gasteiger partial charge in [-0.1, -0.05) is 13.3 Å². The zero-order valence-corrected chi connectivity index (χ0v) is 6.69. The van der Waals surface area contributed by atoms with E-state index in [2.05, 4.69) is 16.9 Å². The summed E-state index contributed by atoms with van der Waals surface area (Å²) in [4.78, 5) is 7.89. The Hall–Kier alpha value is -0.700. The summed E-state index contributed by atoms with van der Waals surface area (Å²) in [5.41, 5.74) is 1.04.